The summed E-state index contributed by atoms with van der Waals surface area (Å²) in [4.78, 5) is 11.7. The number of ether oxygens (including phenoxy) is 1. The molecule has 20 heavy (non-hydrogen) atoms. The highest BCUT2D eigenvalue weighted by molar-refractivity contribution is 5.92. The average molecular weight is 274 g/mol. The zero-order valence-corrected chi connectivity index (χ0v) is 10.6. The molecule has 0 radical (unpaired) electrons. The number of rotatable bonds is 4. The van der Waals surface area contributed by atoms with E-state index in [-0.39, 0.29) is 29.4 Å². The minimum atomic E-state index is -0.697. The second kappa shape index (κ2) is 5.97. The maximum absolute atomic E-state index is 11.7. The summed E-state index contributed by atoms with van der Waals surface area (Å²) in [6.07, 6.45) is 0.492. The quantitative estimate of drug-likeness (QED) is 0.587. The van der Waals surface area contributed by atoms with Crippen molar-refractivity contribution in [3.05, 3.63) is 53.6 Å². The first-order valence-corrected chi connectivity index (χ1v) is 6.03. The highest BCUT2D eigenvalue weighted by Gasteiger charge is 2.13. The Bertz CT molecular complexity index is 604. The van der Waals surface area contributed by atoms with Gasteiger partial charge < -0.3 is 20.1 Å². The van der Waals surface area contributed by atoms with Gasteiger partial charge in [0.05, 0.1) is 6.61 Å². The molecule has 0 aliphatic rings. The standard InChI is InChI=1S/C15H14O5/c16-11-3-1-10(2-4-11)7-8-20-15(19)13-9-12(17)5-6-14(13)18/h1-6,9,16-18H,7-8H2. The predicted molar refractivity (Wildman–Crippen MR) is 71.9 cm³/mol. The van der Waals surface area contributed by atoms with Crippen LogP contribution in [0.25, 0.3) is 0 Å². The van der Waals surface area contributed by atoms with Crippen LogP contribution in [0.1, 0.15) is 15.9 Å². The van der Waals surface area contributed by atoms with Gasteiger partial charge in [-0.1, -0.05) is 12.1 Å². The van der Waals surface area contributed by atoms with E-state index in [1.54, 1.807) is 24.3 Å². The third-order valence-corrected chi connectivity index (χ3v) is 2.76. The van der Waals surface area contributed by atoms with E-state index in [4.69, 9.17) is 9.84 Å². The summed E-state index contributed by atoms with van der Waals surface area (Å²) in [7, 11) is 0. The van der Waals surface area contributed by atoms with Crippen LogP contribution in [0.3, 0.4) is 0 Å². The molecule has 0 saturated heterocycles. The Hall–Kier alpha value is -2.69. The third kappa shape index (κ3) is 3.41. The van der Waals surface area contributed by atoms with Crippen molar-refractivity contribution in [3.8, 4) is 17.2 Å². The number of hydrogen-bond donors (Lipinski definition) is 3. The van der Waals surface area contributed by atoms with E-state index < -0.39 is 5.97 Å². The molecule has 104 valence electrons. The summed E-state index contributed by atoms with van der Waals surface area (Å²) in [5.41, 5.74) is 0.839. The van der Waals surface area contributed by atoms with Gasteiger partial charge in [-0.05, 0) is 35.9 Å². The fourth-order valence-corrected chi connectivity index (χ4v) is 1.69. The molecular formula is C15H14O5. The lowest BCUT2D eigenvalue weighted by Crippen LogP contribution is -2.08. The Kier molecular flexibility index (Phi) is 4.10. The molecule has 3 N–H and O–H groups in total. The number of aromatic hydroxyl groups is 3. The van der Waals surface area contributed by atoms with Crippen LogP contribution in [0, 0.1) is 0 Å². The zero-order valence-electron chi connectivity index (χ0n) is 10.6. The summed E-state index contributed by atoms with van der Waals surface area (Å²) in [6, 6.07) is 10.2. The summed E-state index contributed by atoms with van der Waals surface area (Å²) in [6.45, 7) is 0.138. The maximum atomic E-state index is 11.7. The first-order chi connectivity index (χ1) is 9.56. The minimum Gasteiger partial charge on any atom is -0.508 e. The molecular weight excluding hydrogens is 260 g/mol. The van der Waals surface area contributed by atoms with Gasteiger partial charge in [-0.2, -0.15) is 0 Å². The SMILES string of the molecule is O=C(OCCc1ccc(O)cc1)c1cc(O)ccc1O. The van der Waals surface area contributed by atoms with Crippen LogP contribution in [-0.2, 0) is 11.2 Å². The van der Waals surface area contributed by atoms with Gasteiger partial charge in [-0.15, -0.1) is 0 Å². The van der Waals surface area contributed by atoms with Gasteiger partial charge >= 0.3 is 5.97 Å². The van der Waals surface area contributed by atoms with Gasteiger partial charge in [0.1, 0.15) is 22.8 Å². The molecule has 0 spiro atoms. The molecule has 2 aromatic carbocycles. The number of phenolic OH excluding ortho intramolecular Hbond substituents is 3. The van der Waals surface area contributed by atoms with E-state index in [0.29, 0.717) is 6.42 Å². The fraction of sp³-hybridized carbons (Fsp3) is 0.133. The molecule has 0 saturated carbocycles. The van der Waals surface area contributed by atoms with E-state index in [1.807, 2.05) is 0 Å². The van der Waals surface area contributed by atoms with Crippen LogP contribution < -0.4 is 0 Å². The molecule has 0 heterocycles. The predicted octanol–water partition coefficient (Wildman–Crippen LogP) is 2.20. The first-order valence-electron chi connectivity index (χ1n) is 6.03. The lowest BCUT2D eigenvalue weighted by atomic mass is 10.1. The van der Waals surface area contributed by atoms with Gasteiger partial charge in [0.2, 0.25) is 0 Å². The van der Waals surface area contributed by atoms with Crippen molar-refractivity contribution in [2.75, 3.05) is 6.61 Å². The van der Waals surface area contributed by atoms with E-state index in [1.165, 1.54) is 12.1 Å². The molecule has 0 aromatic heterocycles. The lowest BCUT2D eigenvalue weighted by molar-refractivity contribution is 0.0505. The highest BCUT2D eigenvalue weighted by atomic mass is 16.5. The summed E-state index contributed by atoms with van der Waals surface area (Å²) in [5, 5.41) is 27.9. The fourth-order valence-electron chi connectivity index (χ4n) is 1.69. The number of esters is 1. The number of carbonyl (C=O) groups excluding carboxylic acids is 1. The number of benzene rings is 2. The minimum absolute atomic E-state index is 0.0734. The second-order valence-electron chi connectivity index (χ2n) is 4.25. The molecule has 0 unspecified atom stereocenters. The smallest absolute Gasteiger partial charge is 0.342 e. The van der Waals surface area contributed by atoms with E-state index in [0.717, 1.165) is 11.6 Å². The van der Waals surface area contributed by atoms with Crippen molar-refractivity contribution >= 4 is 5.97 Å². The van der Waals surface area contributed by atoms with Crippen molar-refractivity contribution in [2.24, 2.45) is 0 Å². The largest absolute Gasteiger partial charge is 0.508 e. The summed E-state index contributed by atoms with van der Waals surface area (Å²) in [5.74, 6) is -0.877. The number of phenols is 3. The third-order valence-electron chi connectivity index (χ3n) is 2.76. The van der Waals surface area contributed by atoms with Gasteiger partial charge in [-0.25, -0.2) is 4.79 Å². The molecule has 0 aliphatic heterocycles. The van der Waals surface area contributed by atoms with Crippen LogP contribution in [0.5, 0.6) is 17.2 Å². The molecule has 0 fully saturated rings. The van der Waals surface area contributed by atoms with Gasteiger partial charge in [0.15, 0.2) is 0 Å². The van der Waals surface area contributed by atoms with Crippen molar-refractivity contribution in [2.45, 2.75) is 6.42 Å². The highest BCUT2D eigenvalue weighted by Crippen LogP contribution is 2.22. The maximum Gasteiger partial charge on any atom is 0.342 e. The van der Waals surface area contributed by atoms with E-state index >= 15 is 0 Å². The molecule has 0 bridgehead atoms. The molecule has 0 aliphatic carbocycles. The van der Waals surface area contributed by atoms with Crippen molar-refractivity contribution in [1.82, 2.24) is 0 Å². The van der Waals surface area contributed by atoms with Crippen molar-refractivity contribution in [3.63, 3.8) is 0 Å². The Balaban J connectivity index is 1.92. The molecule has 5 nitrogen and oxygen atoms in total. The average Bonchev–Trinajstić information content (AvgIpc) is 2.43. The van der Waals surface area contributed by atoms with Gasteiger partial charge in [-0.3, -0.25) is 0 Å². The van der Waals surface area contributed by atoms with E-state index in [9.17, 15) is 15.0 Å². The lowest BCUT2D eigenvalue weighted by Gasteiger charge is -2.07. The molecule has 0 amide bonds. The Labute approximate surface area is 115 Å². The first kappa shape index (κ1) is 13.7. The molecule has 2 aromatic rings. The molecule has 5 heteroatoms. The Morgan fingerprint density at radius 2 is 1.60 bits per heavy atom. The van der Waals surface area contributed by atoms with Gasteiger partial charge in [0, 0.05) is 6.42 Å². The summed E-state index contributed by atoms with van der Waals surface area (Å²) >= 11 is 0. The van der Waals surface area contributed by atoms with Crippen LogP contribution in [0.15, 0.2) is 42.5 Å². The Morgan fingerprint density at radius 3 is 2.30 bits per heavy atom. The van der Waals surface area contributed by atoms with Crippen LogP contribution in [-0.4, -0.2) is 27.9 Å². The second-order valence-corrected chi connectivity index (χ2v) is 4.25. The Morgan fingerprint density at radius 1 is 0.950 bits per heavy atom. The topological polar surface area (TPSA) is 87.0 Å². The zero-order chi connectivity index (χ0) is 14.5. The van der Waals surface area contributed by atoms with Crippen molar-refractivity contribution < 1.29 is 24.9 Å². The van der Waals surface area contributed by atoms with Crippen molar-refractivity contribution in [1.29, 1.82) is 0 Å². The van der Waals surface area contributed by atoms with Crippen LogP contribution >= 0.6 is 0 Å². The number of carbonyl (C=O) groups is 1. The van der Waals surface area contributed by atoms with Crippen LogP contribution in [0.4, 0.5) is 0 Å². The molecule has 2 rings (SSSR count). The van der Waals surface area contributed by atoms with Gasteiger partial charge in [0.25, 0.3) is 0 Å². The van der Waals surface area contributed by atoms with Crippen LogP contribution in [0.2, 0.25) is 0 Å². The monoisotopic (exact) mass is 274 g/mol. The van der Waals surface area contributed by atoms with E-state index in [2.05, 4.69) is 0 Å². The normalized spacial score (nSPS) is 10.2. The molecule has 0 atom stereocenters. The number of hydrogen-bond acceptors (Lipinski definition) is 5. The summed E-state index contributed by atoms with van der Waals surface area (Å²) < 4.78 is 5.03.